The van der Waals surface area contributed by atoms with Gasteiger partial charge in [0.05, 0.1) is 11.0 Å². The molecule has 0 amide bonds. The number of benzene rings is 1. The molecule has 3 rings (SSSR count). The average molecular weight is 271 g/mol. The van der Waals surface area contributed by atoms with E-state index in [0.29, 0.717) is 17.9 Å². The van der Waals surface area contributed by atoms with Crippen molar-refractivity contribution in [1.82, 2.24) is 9.55 Å². The Morgan fingerprint density at radius 1 is 1.35 bits per heavy atom. The molecule has 1 aliphatic rings. The highest BCUT2D eigenvalue weighted by Gasteiger charge is 2.32. The van der Waals surface area contributed by atoms with Crippen molar-refractivity contribution in [3.8, 4) is 0 Å². The molecule has 2 aromatic rings. The number of aromatic nitrogens is 2. The van der Waals surface area contributed by atoms with Gasteiger partial charge in [-0.05, 0) is 63.8 Å². The largest absolute Gasteiger partial charge is 0.330 e. The molecule has 1 fully saturated rings. The van der Waals surface area contributed by atoms with Crippen molar-refractivity contribution in [1.29, 1.82) is 0 Å². The van der Waals surface area contributed by atoms with Crippen LogP contribution in [0.4, 0.5) is 0 Å². The first-order valence-electron chi connectivity index (χ1n) is 7.80. The molecule has 0 bridgehead atoms. The standard InChI is InChI=1S/C17H25N3/c1-11(2)20-16-8-7-12(3)9-15(16)19-17(20)14-6-4-5-13(14)10-18/h7-9,11,13-14H,4-6,10,18H2,1-3H3. The molecule has 108 valence electrons. The monoisotopic (exact) mass is 271 g/mol. The molecule has 0 spiro atoms. The van der Waals surface area contributed by atoms with Gasteiger partial charge < -0.3 is 10.3 Å². The second-order valence-corrected chi connectivity index (χ2v) is 6.46. The molecule has 3 heteroatoms. The van der Waals surface area contributed by atoms with E-state index < -0.39 is 0 Å². The van der Waals surface area contributed by atoms with Gasteiger partial charge in [0.15, 0.2) is 0 Å². The molecular formula is C17H25N3. The third-order valence-electron chi connectivity index (χ3n) is 4.68. The van der Waals surface area contributed by atoms with E-state index in [1.54, 1.807) is 0 Å². The Kier molecular flexibility index (Phi) is 3.55. The van der Waals surface area contributed by atoms with Gasteiger partial charge in [0.25, 0.3) is 0 Å². The number of aryl methyl sites for hydroxylation is 1. The van der Waals surface area contributed by atoms with Gasteiger partial charge in [0.1, 0.15) is 5.82 Å². The zero-order chi connectivity index (χ0) is 14.3. The van der Waals surface area contributed by atoms with Gasteiger partial charge in [-0.25, -0.2) is 4.98 Å². The highest BCUT2D eigenvalue weighted by Crippen LogP contribution is 2.40. The summed E-state index contributed by atoms with van der Waals surface area (Å²) >= 11 is 0. The van der Waals surface area contributed by atoms with Crippen molar-refractivity contribution in [3.63, 3.8) is 0 Å². The first-order valence-corrected chi connectivity index (χ1v) is 7.80. The lowest BCUT2D eigenvalue weighted by molar-refractivity contribution is 0.447. The summed E-state index contributed by atoms with van der Waals surface area (Å²) in [5.74, 6) is 2.40. The summed E-state index contributed by atoms with van der Waals surface area (Å²) in [4.78, 5) is 4.98. The van der Waals surface area contributed by atoms with E-state index in [-0.39, 0.29) is 0 Å². The number of hydrogen-bond donors (Lipinski definition) is 1. The van der Waals surface area contributed by atoms with Gasteiger partial charge >= 0.3 is 0 Å². The van der Waals surface area contributed by atoms with Gasteiger partial charge in [0.2, 0.25) is 0 Å². The van der Waals surface area contributed by atoms with Crippen LogP contribution in [-0.4, -0.2) is 16.1 Å². The lowest BCUT2D eigenvalue weighted by atomic mass is 9.95. The molecule has 1 aliphatic carbocycles. The maximum atomic E-state index is 5.97. The van der Waals surface area contributed by atoms with Crippen molar-refractivity contribution in [2.24, 2.45) is 11.7 Å². The molecule has 1 aromatic carbocycles. The molecule has 0 radical (unpaired) electrons. The Morgan fingerprint density at radius 2 is 2.15 bits per heavy atom. The van der Waals surface area contributed by atoms with Crippen LogP contribution in [0.3, 0.4) is 0 Å². The average Bonchev–Trinajstić information content (AvgIpc) is 3.00. The van der Waals surface area contributed by atoms with Crippen molar-refractivity contribution < 1.29 is 0 Å². The summed E-state index contributed by atoms with van der Waals surface area (Å²) in [7, 11) is 0. The maximum Gasteiger partial charge on any atom is 0.113 e. The van der Waals surface area contributed by atoms with Gasteiger partial charge in [-0.2, -0.15) is 0 Å². The normalized spacial score (nSPS) is 23.1. The minimum atomic E-state index is 0.441. The van der Waals surface area contributed by atoms with Crippen LogP contribution in [0, 0.1) is 12.8 Å². The minimum Gasteiger partial charge on any atom is -0.330 e. The highest BCUT2D eigenvalue weighted by molar-refractivity contribution is 5.77. The second kappa shape index (κ2) is 5.21. The molecule has 0 aliphatic heterocycles. The Morgan fingerprint density at radius 3 is 2.85 bits per heavy atom. The molecule has 1 saturated carbocycles. The lowest BCUT2D eigenvalue weighted by Crippen LogP contribution is -2.20. The maximum absolute atomic E-state index is 5.97. The van der Waals surface area contributed by atoms with Crippen LogP contribution in [-0.2, 0) is 0 Å². The van der Waals surface area contributed by atoms with Crippen molar-refractivity contribution in [3.05, 3.63) is 29.6 Å². The summed E-state index contributed by atoms with van der Waals surface area (Å²) in [6, 6.07) is 7.04. The summed E-state index contributed by atoms with van der Waals surface area (Å²) in [6.45, 7) is 7.41. The van der Waals surface area contributed by atoms with Crippen LogP contribution in [0.2, 0.25) is 0 Å². The van der Waals surface area contributed by atoms with Gasteiger partial charge in [0, 0.05) is 12.0 Å². The molecule has 3 nitrogen and oxygen atoms in total. The van der Waals surface area contributed by atoms with E-state index in [1.165, 1.54) is 36.2 Å². The number of hydrogen-bond acceptors (Lipinski definition) is 2. The van der Waals surface area contributed by atoms with E-state index >= 15 is 0 Å². The Hall–Kier alpha value is -1.35. The zero-order valence-corrected chi connectivity index (χ0v) is 12.8. The van der Waals surface area contributed by atoms with Crippen LogP contribution in [0.15, 0.2) is 18.2 Å². The molecule has 1 aromatic heterocycles. The van der Waals surface area contributed by atoms with E-state index in [2.05, 4.69) is 43.5 Å². The Labute approximate surface area is 121 Å². The summed E-state index contributed by atoms with van der Waals surface area (Å²) in [5.41, 5.74) is 9.65. The third kappa shape index (κ3) is 2.14. The molecule has 0 saturated heterocycles. The number of nitrogens with zero attached hydrogens (tertiary/aromatic N) is 2. The van der Waals surface area contributed by atoms with E-state index in [1.807, 2.05) is 0 Å². The van der Waals surface area contributed by atoms with Crippen molar-refractivity contribution in [2.45, 2.75) is 52.0 Å². The Balaban J connectivity index is 2.16. The number of rotatable bonds is 3. The van der Waals surface area contributed by atoms with Gasteiger partial charge in [-0.3, -0.25) is 0 Å². The quantitative estimate of drug-likeness (QED) is 0.923. The van der Waals surface area contributed by atoms with Gasteiger partial charge in [-0.15, -0.1) is 0 Å². The topological polar surface area (TPSA) is 43.8 Å². The molecule has 2 unspecified atom stereocenters. The van der Waals surface area contributed by atoms with Crippen LogP contribution in [0.5, 0.6) is 0 Å². The smallest absolute Gasteiger partial charge is 0.113 e. The second-order valence-electron chi connectivity index (χ2n) is 6.46. The number of imidazole rings is 1. The van der Waals surface area contributed by atoms with Gasteiger partial charge in [-0.1, -0.05) is 12.5 Å². The number of fused-ring (bicyclic) bond motifs is 1. The first-order chi connectivity index (χ1) is 9.61. The predicted molar refractivity (Wildman–Crippen MR) is 84.0 cm³/mol. The highest BCUT2D eigenvalue weighted by atomic mass is 15.1. The fraction of sp³-hybridized carbons (Fsp3) is 0.588. The van der Waals surface area contributed by atoms with Crippen LogP contribution >= 0.6 is 0 Å². The van der Waals surface area contributed by atoms with Crippen molar-refractivity contribution >= 4 is 11.0 Å². The van der Waals surface area contributed by atoms with Crippen molar-refractivity contribution in [2.75, 3.05) is 6.54 Å². The summed E-state index contributed by atoms with van der Waals surface area (Å²) < 4.78 is 2.42. The predicted octanol–water partition coefficient (Wildman–Crippen LogP) is 3.77. The minimum absolute atomic E-state index is 0.441. The molecule has 2 N–H and O–H groups in total. The SMILES string of the molecule is Cc1ccc2c(c1)nc(C1CCCC1CN)n2C(C)C. The molecule has 20 heavy (non-hydrogen) atoms. The number of nitrogens with two attached hydrogens (primary N) is 1. The van der Waals surface area contributed by atoms with E-state index in [0.717, 1.165) is 12.1 Å². The zero-order valence-electron chi connectivity index (χ0n) is 12.8. The fourth-order valence-electron chi connectivity index (χ4n) is 3.69. The van der Waals surface area contributed by atoms with Crippen LogP contribution in [0.1, 0.15) is 56.5 Å². The summed E-state index contributed by atoms with van der Waals surface area (Å²) in [6.07, 6.45) is 3.77. The third-order valence-corrected chi connectivity index (χ3v) is 4.68. The van der Waals surface area contributed by atoms with E-state index in [9.17, 15) is 0 Å². The van der Waals surface area contributed by atoms with Crippen LogP contribution < -0.4 is 5.73 Å². The summed E-state index contributed by atoms with van der Waals surface area (Å²) in [5, 5.41) is 0. The Bertz CT molecular complexity index is 612. The van der Waals surface area contributed by atoms with E-state index in [4.69, 9.17) is 10.7 Å². The molecular weight excluding hydrogens is 246 g/mol. The molecule has 2 atom stereocenters. The fourth-order valence-corrected chi connectivity index (χ4v) is 3.69. The molecule has 1 heterocycles. The first kappa shape index (κ1) is 13.6. The lowest BCUT2D eigenvalue weighted by Gasteiger charge is -2.21. The van der Waals surface area contributed by atoms with Crippen LogP contribution in [0.25, 0.3) is 11.0 Å².